The van der Waals surface area contributed by atoms with Gasteiger partial charge in [0.05, 0.1) is 16.6 Å². The van der Waals surface area contributed by atoms with Crippen molar-refractivity contribution in [3.63, 3.8) is 0 Å². The van der Waals surface area contributed by atoms with E-state index in [1.54, 1.807) is 12.1 Å². The molecule has 0 spiro atoms. The molecule has 0 radical (unpaired) electrons. The molecule has 0 amide bonds. The van der Waals surface area contributed by atoms with Crippen LogP contribution in [0.3, 0.4) is 0 Å². The number of nitro benzene ring substituents is 1. The molecule has 1 aromatic carbocycles. The average molecular weight is 273 g/mol. The highest BCUT2D eigenvalue weighted by Crippen LogP contribution is 2.32. The Morgan fingerprint density at radius 1 is 1.50 bits per heavy atom. The first-order valence-electron chi connectivity index (χ1n) is 7.09. The van der Waals surface area contributed by atoms with Crippen LogP contribution in [0.25, 0.3) is 0 Å². The Morgan fingerprint density at radius 3 is 2.95 bits per heavy atom. The van der Waals surface area contributed by atoms with Gasteiger partial charge in [0.15, 0.2) is 0 Å². The fraction of sp³-hybridized carbons (Fsp3) is 0.533. The van der Waals surface area contributed by atoms with E-state index in [0.29, 0.717) is 23.2 Å². The molecule has 0 saturated heterocycles. The van der Waals surface area contributed by atoms with E-state index in [2.05, 4.69) is 12.2 Å². The zero-order chi connectivity index (χ0) is 14.5. The van der Waals surface area contributed by atoms with Crippen LogP contribution in [0.1, 0.15) is 44.6 Å². The Labute approximate surface area is 118 Å². The molecule has 1 aliphatic carbocycles. The van der Waals surface area contributed by atoms with E-state index in [-0.39, 0.29) is 5.69 Å². The van der Waals surface area contributed by atoms with Gasteiger partial charge < -0.3 is 5.32 Å². The van der Waals surface area contributed by atoms with Gasteiger partial charge in [0.25, 0.3) is 5.69 Å². The van der Waals surface area contributed by atoms with Crippen molar-refractivity contribution in [1.82, 2.24) is 0 Å². The number of hydrogen-bond acceptors (Lipinski definition) is 4. The molecular formula is C15H19N3O2. The van der Waals surface area contributed by atoms with Gasteiger partial charge in [-0.3, -0.25) is 10.1 Å². The van der Waals surface area contributed by atoms with Gasteiger partial charge in [-0.1, -0.05) is 26.2 Å². The molecule has 0 bridgehead atoms. The molecule has 0 aromatic heterocycles. The quantitative estimate of drug-likeness (QED) is 0.667. The van der Waals surface area contributed by atoms with Crippen molar-refractivity contribution in [2.75, 3.05) is 5.32 Å². The molecule has 5 heteroatoms. The molecule has 1 aliphatic rings. The summed E-state index contributed by atoms with van der Waals surface area (Å²) in [5.41, 5.74) is 0.829. The van der Waals surface area contributed by atoms with E-state index in [1.165, 1.54) is 18.9 Å². The third kappa shape index (κ3) is 3.27. The van der Waals surface area contributed by atoms with Gasteiger partial charge in [0, 0.05) is 12.1 Å². The van der Waals surface area contributed by atoms with Gasteiger partial charge in [0.2, 0.25) is 0 Å². The van der Waals surface area contributed by atoms with Gasteiger partial charge in [-0.2, -0.15) is 5.26 Å². The number of rotatable bonds is 4. The van der Waals surface area contributed by atoms with E-state index in [1.807, 2.05) is 6.07 Å². The van der Waals surface area contributed by atoms with Crippen molar-refractivity contribution >= 4 is 11.4 Å². The van der Waals surface area contributed by atoms with E-state index in [0.717, 1.165) is 19.3 Å². The topological polar surface area (TPSA) is 79.0 Å². The van der Waals surface area contributed by atoms with E-state index in [9.17, 15) is 10.1 Å². The molecule has 5 nitrogen and oxygen atoms in total. The zero-order valence-corrected chi connectivity index (χ0v) is 11.6. The summed E-state index contributed by atoms with van der Waals surface area (Å²) in [5, 5.41) is 23.2. The van der Waals surface area contributed by atoms with Crippen molar-refractivity contribution in [3.8, 4) is 6.07 Å². The number of nitrogens with one attached hydrogen (secondary N) is 1. The molecule has 2 unspecified atom stereocenters. The lowest BCUT2D eigenvalue weighted by molar-refractivity contribution is -0.384. The standard InChI is InChI=1S/C15H19N3O2/c1-2-11-4-3-5-13(8-11)17-14-7-6-12(10-16)9-15(14)18(19)20/h6-7,9,11,13,17H,2-5,8H2,1H3. The van der Waals surface area contributed by atoms with Crippen LogP contribution < -0.4 is 5.32 Å². The SMILES string of the molecule is CCC1CCCC(Nc2ccc(C#N)cc2[N+](=O)[O-])C1. The molecule has 20 heavy (non-hydrogen) atoms. The largest absolute Gasteiger partial charge is 0.377 e. The van der Waals surface area contributed by atoms with Gasteiger partial charge in [-0.15, -0.1) is 0 Å². The van der Waals surface area contributed by atoms with Gasteiger partial charge in [-0.25, -0.2) is 0 Å². The van der Waals surface area contributed by atoms with Crippen LogP contribution >= 0.6 is 0 Å². The van der Waals surface area contributed by atoms with E-state index in [4.69, 9.17) is 5.26 Å². The minimum Gasteiger partial charge on any atom is -0.377 e. The predicted molar refractivity (Wildman–Crippen MR) is 77.5 cm³/mol. The second-order valence-corrected chi connectivity index (χ2v) is 5.38. The average Bonchev–Trinajstić information content (AvgIpc) is 2.47. The van der Waals surface area contributed by atoms with E-state index < -0.39 is 4.92 Å². The van der Waals surface area contributed by atoms with Crippen LogP contribution in [0.5, 0.6) is 0 Å². The lowest BCUT2D eigenvalue weighted by Crippen LogP contribution is -2.27. The summed E-state index contributed by atoms with van der Waals surface area (Å²) in [6.45, 7) is 2.19. The van der Waals surface area contributed by atoms with Crippen molar-refractivity contribution in [2.24, 2.45) is 5.92 Å². The first-order valence-corrected chi connectivity index (χ1v) is 7.09. The minimum atomic E-state index is -0.427. The molecule has 1 aromatic rings. The molecule has 1 saturated carbocycles. The first-order chi connectivity index (χ1) is 9.63. The van der Waals surface area contributed by atoms with Crippen LogP contribution in [0.4, 0.5) is 11.4 Å². The minimum absolute atomic E-state index is 0.0114. The number of nitriles is 1. The van der Waals surface area contributed by atoms with Crippen LogP contribution in [-0.4, -0.2) is 11.0 Å². The van der Waals surface area contributed by atoms with Gasteiger partial charge >= 0.3 is 0 Å². The molecule has 1 fully saturated rings. The summed E-state index contributed by atoms with van der Waals surface area (Å²) >= 11 is 0. The molecule has 2 atom stereocenters. The summed E-state index contributed by atoms with van der Waals surface area (Å²) in [6.07, 6.45) is 5.69. The fourth-order valence-electron chi connectivity index (χ4n) is 2.89. The van der Waals surface area contributed by atoms with Crippen molar-refractivity contribution < 1.29 is 4.92 Å². The molecule has 0 aliphatic heterocycles. The van der Waals surface area contributed by atoms with Crippen LogP contribution in [0.15, 0.2) is 18.2 Å². The Morgan fingerprint density at radius 2 is 2.30 bits per heavy atom. The maximum absolute atomic E-state index is 11.1. The Bertz CT molecular complexity index is 536. The maximum Gasteiger partial charge on any atom is 0.293 e. The number of nitro groups is 1. The van der Waals surface area contributed by atoms with Crippen LogP contribution in [0, 0.1) is 27.4 Å². The highest BCUT2D eigenvalue weighted by molar-refractivity contribution is 5.64. The predicted octanol–water partition coefficient (Wildman–Crippen LogP) is 3.85. The smallest absolute Gasteiger partial charge is 0.293 e. The van der Waals surface area contributed by atoms with Gasteiger partial charge in [-0.05, 0) is 30.9 Å². The lowest BCUT2D eigenvalue weighted by Gasteiger charge is -2.29. The summed E-state index contributed by atoms with van der Waals surface area (Å²) in [7, 11) is 0. The normalized spacial score (nSPS) is 22.0. The molecule has 0 heterocycles. The number of hydrogen-bond donors (Lipinski definition) is 1. The lowest BCUT2D eigenvalue weighted by atomic mass is 9.84. The first kappa shape index (κ1) is 14.3. The molecule has 1 N–H and O–H groups in total. The zero-order valence-electron chi connectivity index (χ0n) is 11.6. The third-order valence-electron chi connectivity index (χ3n) is 4.04. The monoisotopic (exact) mass is 273 g/mol. The summed E-state index contributed by atoms with van der Waals surface area (Å²) in [5.74, 6) is 0.707. The summed E-state index contributed by atoms with van der Waals surface area (Å²) in [4.78, 5) is 10.7. The summed E-state index contributed by atoms with van der Waals surface area (Å²) in [6, 6.07) is 6.83. The number of nitrogens with zero attached hydrogens (tertiary/aromatic N) is 2. The Kier molecular flexibility index (Phi) is 4.57. The second kappa shape index (κ2) is 6.38. The third-order valence-corrected chi connectivity index (χ3v) is 4.04. The van der Waals surface area contributed by atoms with Gasteiger partial charge in [0.1, 0.15) is 5.69 Å². The summed E-state index contributed by atoms with van der Waals surface area (Å²) < 4.78 is 0. The molecule has 2 rings (SSSR count). The maximum atomic E-state index is 11.1. The van der Waals surface area contributed by atoms with Crippen molar-refractivity contribution in [1.29, 1.82) is 5.26 Å². The highest BCUT2D eigenvalue weighted by Gasteiger charge is 2.23. The number of anilines is 1. The Hall–Kier alpha value is -2.09. The Balaban J connectivity index is 2.16. The molecule has 106 valence electrons. The van der Waals surface area contributed by atoms with E-state index >= 15 is 0 Å². The second-order valence-electron chi connectivity index (χ2n) is 5.38. The van der Waals surface area contributed by atoms with Crippen molar-refractivity contribution in [3.05, 3.63) is 33.9 Å². The number of benzene rings is 1. The van der Waals surface area contributed by atoms with Crippen molar-refractivity contribution in [2.45, 2.75) is 45.1 Å². The highest BCUT2D eigenvalue weighted by atomic mass is 16.6. The fourth-order valence-corrected chi connectivity index (χ4v) is 2.89. The van der Waals surface area contributed by atoms with Crippen LogP contribution in [0.2, 0.25) is 0 Å². The molecular weight excluding hydrogens is 254 g/mol. The van der Waals surface area contributed by atoms with Crippen LogP contribution in [-0.2, 0) is 0 Å².